The first-order valence-corrected chi connectivity index (χ1v) is 7.73. The molecule has 0 aliphatic carbocycles. The number of rotatable bonds is 5. The second kappa shape index (κ2) is 6.99. The summed E-state index contributed by atoms with van der Waals surface area (Å²) in [5.41, 5.74) is 4.93. The summed E-state index contributed by atoms with van der Waals surface area (Å²) >= 11 is 7.76. The van der Waals surface area contributed by atoms with Crippen LogP contribution in [0, 0.1) is 0 Å². The first-order chi connectivity index (χ1) is 9.69. The van der Waals surface area contributed by atoms with Gasteiger partial charge in [-0.3, -0.25) is 5.84 Å². The van der Waals surface area contributed by atoms with Crippen molar-refractivity contribution in [2.45, 2.75) is 10.9 Å². The normalized spacial score (nSPS) is 12.2. The smallest absolute Gasteiger partial charge is 0.137 e. The number of nitrogens with two attached hydrogens (primary N) is 1. The fourth-order valence-electron chi connectivity index (χ4n) is 2.04. The Balaban J connectivity index is 2.35. The largest absolute Gasteiger partial charge is 0.495 e. The standard InChI is InChI=1S/C15H17ClN2OS/c1-19-14-9-11(5-8-13(14)16)15(18-17)10-3-6-12(20-2)7-4-10/h3-9,15,18H,17H2,1-2H3. The van der Waals surface area contributed by atoms with Gasteiger partial charge in [0.25, 0.3) is 0 Å². The maximum Gasteiger partial charge on any atom is 0.137 e. The van der Waals surface area contributed by atoms with Crippen LogP contribution in [0.2, 0.25) is 5.02 Å². The highest BCUT2D eigenvalue weighted by Crippen LogP contribution is 2.30. The van der Waals surface area contributed by atoms with Crippen LogP contribution in [0.15, 0.2) is 47.4 Å². The van der Waals surface area contributed by atoms with Crippen LogP contribution >= 0.6 is 23.4 Å². The van der Waals surface area contributed by atoms with Gasteiger partial charge < -0.3 is 4.74 Å². The SMILES string of the molecule is COc1cc(C(NN)c2ccc(SC)cc2)ccc1Cl. The Bertz CT molecular complexity index is 575. The van der Waals surface area contributed by atoms with Crippen LogP contribution < -0.4 is 16.0 Å². The molecule has 0 radical (unpaired) electrons. The number of thioether (sulfide) groups is 1. The molecule has 0 bridgehead atoms. The summed E-state index contributed by atoms with van der Waals surface area (Å²) in [6, 6.07) is 13.9. The highest BCUT2D eigenvalue weighted by molar-refractivity contribution is 7.98. The summed E-state index contributed by atoms with van der Waals surface area (Å²) in [6.45, 7) is 0. The molecule has 1 atom stereocenters. The van der Waals surface area contributed by atoms with E-state index in [0.717, 1.165) is 11.1 Å². The lowest BCUT2D eigenvalue weighted by Crippen LogP contribution is -2.28. The Morgan fingerprint density at radius 3 is 2.35 bits per heavy atom. The molecule has 0 aliphatic heterocycles. The van der Waals surface area contributed by atoms with E-state index in [1.807, 2.05) is 18.2 Å². The molecule has 0 heterocycles. The van der Waals surface area contributed by atoms with E-state index in [4.69, 9.17) is 22.2 Å². The van der Waals surface area contributed by atoms with Gasteiger partial charge in [0.2, 0.25) is 0 Å². The van der Waals surface area contributed by atoms with Crippen LogP contribution in [0.1, 0.15) is 17.2 Å². The fourth-order valence-corrected chi connectivity index (χ4v) is 2.64. The first-order valence-electron chi connectivity index (χ1n) is 6.13. The molecule has 3 nitrogen and oxygen atoms in total. The van der Waals surface area contributed by atoms with Crippen LogP contribution in [0.3, 0.4) is 0 Å². The summed E-state index contributed by atoms with van der Waals surface area (Å²) in [7, 11) is 1.60. The molecular weight excluding hydrogens is 292 g/mol. The van der Waals surface area contributed by atoms with Crippen molar-refractivity contribution in [3.8, 4) is 5.75 Å². The number of benzene rings is 2. The third-order valence-corrected chi connectivity index (χ3v) is 4.18. The van der Waals surface area contributed by atoms with E-state index in [2.05, 4.69) is 35.9 Å². The molecular formula is C15H17ClN2OS. The monoisotopic (exact) mass is 308 g/mol. The molecule has 2 aromatic carbocycles. The number of halogens is 1. The van der Waals surface area contributed by atoms with Gasteiger partial charge in [-0.25, -0.2) is 5.43 Å². The molecule has 20 heavy (non-hydrogen) atoms. The molecule has 1 unspecified atom stereocenters. The number of hydrogen-bond donors (Lipinski definition) is 2. The third-order valence-electron chi connectivity index (χ3n) is 3.12. The van der Waals surface area contributed by atoms with Crippen molar-refractivity contribution >= 4 is 23.4 Å². The van der Waals surface area contributed by atoms with Crippen LogP contribution in [0.25, 0.3) is 0 Å². The van der Waals surface area contributed by atoms with E-state index in [1.54, 1.807) is 18.9 Å². The van der Waals surface area contributed by atoms with Crippen LogP contribution in [0.4, 0.5) is 0 Å². The lowest BCUT2D eigenvalue weighted by Gasteiger charge is -2.18. The van der Waals surface area contributed by atoms with E-state index >= 15 is 0 Å². The second-order valence-electron chi connectivity index (χ2n) is 4.27. The van der Waals surface area contributed by atoms with Crippen molar-refractivity contribution in [2.24, 2.45) is 5.84 Å². The van der Waals surface area contributed by atoms with Crippen LogP contribution in [-0.4, -0.2) is 13.4 Å². The molecule has 3 N–H and O–H groups in total. The Morgan fingerprint density at radius 1 is 1.15 bits per heavy atom. The van der Waals surface area contributed by atoms with E-state index in [-0.39, 0.29) is 6.04 Å². The summed E-state index contributed by atoms with van der Waals surface area (Å²) in [4.78, 5) is 1.22. The van der Waals surface area contributed by atoms with Crippen LogP contribution in [-0.2, 0) is 0 Å². The molecule has 0 amide bonds. The number of ether oxygens (including phenoxy) is 1. The first kappa shape index (κ1) is 15.2. The number of nitrogens with one attached hydrogen (secondary N) is 1. The zero-order chi connectivity index (χ0) is 14.5. The minimum absolute atomic E-state index is 0.0999. The van der Waals surface area contributed by atoms with Crippen molar-refractivity contribution in [3.63, 3.8) is 0 Å². The lowest BCUT2D eigenvalue weighted by atomic mass is 9.99. The number of methoxy groups -OCH3 is 1. The summed E-state index contributed by atoms with van der Waals surface area (Å²) in [6.07, 6.45) is 2.05. The van der Waals surface area contributed by atoms with Gasteiger partial charge in [0, 0.05) is 4.90 Å². The summed E-state index contributed by atoms with van der Waals surface area (Å²) in [5, 5.41) is 0.588. The van der Waals surface area contributed by atoms with Gasteiger partial charge in [-0.05, 0) is 41.6 Å². The van der Waals surface area contributed by atoms with Crippen molar-refractivity contribution in [1.82, 2.24) is 5.43 Å². The summed E-state index contributed by atoms with van der Waals surface area (Å²) in [5.74, 6) is 6.35. The number of hydrazine groups is 1. The minimum atomic E-state index is -0.0999. The average molecular weight is 309 g/mol. The predicted octanol–water partition coefficient (Wildman–Crippen LogP) is 3.62. The van der Waals surface area contributed by atoms with Gasteiger partial charge in [-0.15, -0.1) is 11.8 Å². The van der Waals surface area contributed by atoms with Crippen molar-refractivity contribution < 1.29 is 4.74 Å². The van der Waals surface area contributed by atoms with Crippen molar-refractivity contribution in [1.29, 1.82) is 0 Å². The molecule has 0 fully saturated rings. The third kappa shape index (κ3) is 3.27. The lowest BCUT2D eigenvalue weighted by molar-refractivity contribution is 0.414. The summed E-state index contributed by atoms with van der Waals surface area (Å²) < 4.78 is 5.25. The molecule has 2 aromatic rings. The van der Waals surface area contributed by atoms with E-state index in [0.29, 0.717) is 10.8 Å². The van der Waals surface area contributed by atoms with Gasteiger partial charge in [0.15, 0.2) is 0 Å². The zero-order valence-electron chi connectivity index (χ0n) is 11.4. The van der Waals surface area contributed by atoms with E-state index in [9.17, 15) is 0 Å². The zero-order valence-corrected chi connectivity index (χ0v) is 13.0. The molecule has 0 spiro atoms. The molecule has 0 aliphatic rings. The topological polar surface area (TPSA) is 47.3 Å². The molecule has 2 rings (SSSR count). The number of hydrogen-bond acceptors (Lipinski definition) is 4. The molecule has 0 saturated heterocycles. The highest BCUT2D eigenvalue weighted by Gasteiger charge is 2.14. The van der Waals surface area contributed by atoms with Gasteiger partial charge in [-0.2, -0.15) is 0 Å². The quantitative estimate of drug-likeness (QED) is 0.503. The average Bonchev–Trinajstić information content (AvgIpc) is 2.50. The van der Waals surface area contributed by atoms with Gasteiger partial charge in [0.1, 0.15) is 5.75 Å². The minimum Gasteiger partial charge on any atom is -0.495 e. The maximum atomic E-state index is 6.05. The van der Waals surface area contributed by atoms with Gasteiger partial charge in [0.05, 0.1) is 18.2 Å². The van der Waals surface area contributed by atoms with E-state index in [1.165, 1.54) is 4.90 Å². The second-order valence-corrected chi connectivity index (χ2v) is 5.55. The Morgan fingerprint density at radius 2 is 1.80 bits per heavy atom. The van der Waals surface area contributed by atoms with Crippen LogP contribution in [0.5, 0.6) is 5.75 Å². The maximum absolute atomic E-state index is 6.05. The molecule has 5 heteroatoms. The van der Waals surface area contributed by atoms with Gasteiger partial charge in [-0.1, -0.05) is 29.8 Å². The predicted molar refractivity (Wildman–Crippen MR) is 85.4 cm³/mol. The molecule has 0 saturated carbocycles. The Labute approximate surface area is 128 Å². The Kier molecular flexibility index (Phi) is 5.31. The highest BCUT2D eigenvalue weighted by atomic mass is 35.5. The molecule has 0 aromatic heterocycles. The van der Waals surface area contributed by atoms with Gasteiger partial charge >= 0.3 is 0 Å². The Hall–Kier alpha value is -1.20. The fraction of sp³-hybridized carbons (Fsp3) is 0.200. The van der Waals surface area contributed by atoms with Crippen molar-refractivity contribution in [2.75, 3.05) is 13.4 Å². The molecule has 106 valence electrons. The van der Waals surface area contributed by atoms with E-state index < -0.39 is 0 Å². The van der Waals surface area contributed by atoms with Crippen molar-refractivity contribution in [3.05, 3.63) is 58.6 Å².